The molecule has 1 saturated carbocycles. The average Bonchev–Trinajstić information content (AvgIpc) is 2.47. The molecule has 106 valence electrons. The number of para-hydroxylation sites is 1. The summed E-state index contributed by atoms with van der Waals surface area (Å²) in [5, 5.41) is 11.8. The van der Waals surface area contributed by atoms with Crippen molar-refractivity contribution >= 4 is 10.9 Å². The molecule has 2 heteroatoms. The monoisotopic (exact) mass is 269 g/mol. The third-order valence-electron chi connectivity index (χ3n) is 4.69. The molecule has 3 rings (SSSR count). The second kappa shape index (κ2) is 5.92. The topological polar surface area (TPSA) is 33.1 Å². The Hall–Kier alpha value is -1.41. The van der Waals surface area contributed by atoms with Crippen molar-refractivity contribution in [2.24, 2.45) is 11.8 Å². The third kappa shape index (κ3) is 2.85. The highest BCUT2D eigenvalue weighted by atomic mass is 16.3. The molecule has 1 fully saturated rings. The van der Waals surface area contributed by atoms with Crippen LogP contribution in [0.25, 0.3) is 10.9 Å². The van der Waals surface area contributed by atoms with Gasteiger partial charge in [-0.05, 0) is 48.8 Å². The van der Waals surface area contributed by atoms with E-state index in [-0.39, 0.29) is 6.10 Å². The fraction of sp³-hybridized carbons (Fsp3) is 0.500. The SMILES string of the molecule is CC1CCCC(C(O)Cc2ccnc3ccccc23)C1. The maximum atomic E-state index is 10.6. The standard InChI is InChI=1S/C18H23NO/c1-13-5-4-6-15(11-13)18(20)12-14-9-10-19-17-8-3-2-7-16(14)17/h2-3,7-10,13,15,18,20H,4-6,11-12H2,1H3. The van der Waals surface area contributed by atoms with Gasteiger partial charge in [-0.15, -0.1) is 0 Å². The van der Waals surface area contributed by atoms with Crippen LogP contribution < -0.4 is 0 Å². The summed E-state index contributed by atoms with van der Waals surface area (Å²) in [5.41, 5.74) is 2.25. The van der Waals surface area contributed by atoms with Gasteiger partial charge in [0.1, 0.15) is 0 Å². The first kappa shape index (κ1) is 13.6. The first-order valence-corrected chi connectivity index (χ1v) is 7.74. The normalized spacial score (nSPS) is 24.7. The number of aliphatic hydroxyl groups excluding tert-OH is 1. The van der Waals surface area contributed by atoms with Gasteiger partial charge >= 0.3 is 0 Å². The zero-order valence-electron chi connectivity index (χ0n) is 12.1. The van der Waals surface area contributed by atoms with Crippen LogP contribution in [0.4, 0.5) is 0 Å². The molecule has 0 aliphatic heterocycles. The highest BCUT2D eigenvalue weighted by Gasteiger charge is 2.25. The van der Waals surface area contributed by atoms with Crippen LogP contribution in [-0.2, 0) is 6.42 Å². The maximum Gasteiger partial charge on any atom is 0.0704 e. The van der Waals surface area contributed by atoms with E-state index in [1.54, 1.807) is 0 Å². The molecular weight excluding hydrogens is 246 g/mol. The van der Waals surface area contributed by atoms with E-state index < -0.39 is 0 Å². The lowest BCUT2D eigenvalue weighted by molar-refractivity contribution is 0.0722. The smallest absolute Gasteiger partial charge is 0.0704 e. The molecule has 1 N–H and O–H groups in total. The van der Waals surface area contributed by atoms with Crippen LogP contribution in [0.15, 0.2) is 36.5 Å². The summed E-state index contributed by atoms with van der Waals surface area (Å²) in [5.74, 6) is 1.23. The van der Waals surface area contributed by atoms with E-state index in [0.717, 1.165) is 17.9 Å². The number of aromatic nitrogens is 1. The van der Waals surface area contributed by atoms with Crippen molar-refractivity contribution in [3.8, 4) is 0 Å². The van der Waals surface area contributed by atoms with Crippen molar-refractivity contribution in [2.45, 2.75) is 45.1 Å². The van der Waals surface area contributed by atoms with Crippen LogP contribution in [0, 0.1) is 11.8 Å². The Bertz CT molecular complexity index is 575. The van der Waals surface area contributed by atoms with Gasteiger partial charge in [0, 0.05) is 11.6 Å². The Balaban J connectivity index is 1.78. The van der Waals surface area contributed by atoms with Gasteiger partial charge in [0.05, 0.1) is 11.6 Å². The number of benzene rings is 1. The Kier molecular flexibility index (Phi) is 4.02. The largest absolute Gasteiger partial charge is 0.392 e. The van der Waals surface area contributed by atoms with Crippen LogP contribution in [0.3, 0.4) is 0 Å². The van der Waals surface area contributed by atoms with E-state index in [9.17, 15) is 5.11 Å². The summed E-state index contributed by atoms with van der Waals surface area (Å²) in [6, 6.07) is 10.3. The number of hydrogen-bond donors (Lipinski definition) is 1. The number of rotatable bonds is 3. The first-order chi connectivity index (χ1) is 9.74. The van der Waals surface area contributed by atoms with Crippen molar-refractivity contribution in [3.63, 3.8) is 0 Å². The minimum absolute atomic E-state index is 0.219. The molecule has 2 aromatic rings. The number of pyridine rings is 1. The molecule has 1 aromatic heterocycles. The molecule has 1 aromatic carbocycles. The highest BCUT2D eigenvalue weighted by molar-refractivity contribution is 5.81. The van der Waals surface area contributed by atoms with Gasteiger partial charge in [0.25, 0.3) is 0 Å². The molecule has 0 spiro atoms. The van der Waals surface area contributed by atoms with Gasteiger partial charge in [-0.3, -0.25) is 4.98 Å². The summed E-state index contributed by atoms with van der Waals surface area (Å²) in [7, 11) is 0. The number of aliphatic hydroxyl groups is 1. The number of fused-ring (bicyclic) bond motifs is 1. The van der Waals surface area contributed by atoms with Crippen LogP contribution in [-0.4, -0.2) is 16.2 Å². The molecular formula is C18H23NO. The Morgan fingerprint density at radius 3 is 2.95 bits per heavy atom. The van der Waals surface area contributed by atoms with Crippen LogP contribution in [0.5, 0.6) is 0 Å². The molecule has 20 heavy (non-hydrogen) atoms. The summed E-state index contributed by atoms with van der Waals surface area (Å²) >= 11 is 0. The van der Waals surface area contributed by atoms with E-state index in [1.807, 2.05) is 24.4 Å². The minimum Gasteiger partial charge on any atom is -0.392 e. The average molecular weight is 269 g/mol. The lowest BCUT2D eigenvalue weighted by Crippen LogP contribution is -2.27. The highest BCUT2D eigenvalue weighted by Crippen LogP contribution is 2.32. The van der Waals surface area contributed by atoms with Gasteiger partial charge in [-0.25, -0.2) is 0 Å². The van der Waals surface area contributed by atoms with Gasteiger partial charge < -0.3 is 5.11 Å². The van der Waals surface area contributed by atoms with Crippen molar-refractivity contribution in [3.05, 3.63) is 42.1 Å². The second-order valence-corrected chi connectivity index (χ2v) is 6.29. The van der Waals surface area contributed by atoms with Crippen LogP contribution in [0.2, 0.25) is 0 Å². The Labute approximate surface area is 120 Å². The third-order valence-corrected chi connectivity index (χ3v) is 4.69. The summed E-state index contributed by atoms with van der Waals surface area (Å²) in [6.45, 7) is 2.31. The molecule has 1 aliphatic rings. The van der Waals surface area contributed by atoms with Crippen molar-refractivity contribution in [1.82, 2.24) is 4.98 Å². The van der Waals surface area contributed by atoms with E-state index in [4.69, 9.17) is 0 Å². The zero-order chi connectivity index (χ0) is 13.9. The molecule has 1 heterocycles. The Morgan fingerprint density at radius 2 is 2.10 bits per heavy atom. The van der Waals surface area contributed by atoms with E-state index in [1.165, 1.54) is 36.6 Å². The molecule has 0 amide bonds. The van der Waals surface area contributed by atoms with Crippen molar-refractivity contribution < 1.29 is 5.11 Å². The van der Waals surface area contributed by atoms with Gasteiger partial charge in [0.2, 0.25) is 0 Å². The van der Waals surface area contributed by atoms with Gasteiger partial charge in [-0.1, -0.05) is 38.0 Å². The van der Waals surface area contributed by atoms with Crippen molar-refractivity contribution in [1.29, 1.82) is 0 Å². The first-order valence-electron chi connectivity index (χ1n) is 7.74. The summed E-state index contributed by atoms with van der Waals surface area (Å²) in [4.78, 5) is 4.39. The quantitative estimate of drug-likeness (QED) is 0.914. The van der Waals surface area contributed by atoms with E-state index in [0.29, 0.717) is 5.92 Å². The summed E-state index contributed by atoms with van der Waals surface area (Å²) in [6.07, 6.45) is 7.32. The second-order valence-electron chi connectivity index (χ2n) is 6.29. The summed E-state index contributed by atoms with van der Waals surface area (Å²) < 4.78 is 0. The fourth-order valence-corrected chi connectivity index (χ4v) is 3.56. The molecule has 3 unspecified atom stereocenters. The fourth-order valence-electron chi connectivity index (χ4n) is 3.56. The van der Waals surface area contributed by atoms with Crippen LogP contribution >= 0.6 is 0 Å². The molecule has 0 radical (unpaired) electrons. The predicted octanol–water partition coefficient (Wildman–Crippen LogP) is 3.96. The molecule has 0 saturated heterocycles. The molecule has 3 atom stereocenters. The van der Waals surface area contributed by atoms with E-state index in [2.05, 4.69) is 24.0 Å². The minimum atomic E-state index is -0.219. The zero-order valence-corrected chi connectivity index (χ0v) is 12.1. The molecule has 2 nitrogen and oxygen atoms in total. The van der Waals surface area contributed by atoms with Crippen molar-refractivity contribution in [2.75, 3.05) is 0 Å². The molecule has 1 aliphatic carbocycles. The lowest BCUT2D eigenvalue weighted by atomic mass is 9.78. The van der Waals surface area contributed by atoms with Crippen LogP contribution in [0.1, 0.15) is 38.2 Å². The van der Waals surface area contributed by atoms with Gasteiger partial charge in [-0.2, -0.15) is 0 Å². The van der Waals surface area contributed by atoms with Gasteiger partial charge in [0.15, 0.2) is 0 Å². The predicted molar refractivity (Wildman–Crippen MR) is 82.6 cm³/mol. The number of nitrogens with zero attached hydrogens (tertiary/aromatic N) is 1. The number of hydrogen-bond acceptors (Lipinski definition) is 2. The molecule has 0 bridgehead atoms. The lowest BCUT2D eigenvalue weighted by Gasteiger charge is -2.30. The maximum absolute atomic E-state index is 10.6. The Morgan fingerprint density at radius 1 is 1.25 bits per heavy atom. The van der Waals surface area contributed by atoms with E-state index >= 15 is 0 Å².